The standard InChI is InChI=1S/C18H17BrN2O2S/c1-10-11(2)23-12(3)16(10)17(22)21-18-20-9-15(24-18)8-13-4-6-14(19)7-5-13/h4-7,9H,8H2,1-3H3,(H,20,21,22). The number of carbonyl (C=O) groups excluding carboxylic acids is 1. The second-order valence-corrected chi connectivity index (χ2v) is 7.63. The number of halogens is 1. The van der Waals surface area contributed by atoms with Gasteiger partial charge in [0.2, 0.25) is 0 Å². The number of hydrogen-bond acceptors (Lipinski definition) is 4. The van der Waals surface area contributed by atoms with E-state index < -0.39 is 0 Å². The van der Waals surface area contributed by atoms with Gasteiger partial charge in [-0.25, -0.2) is 4.98 Å². The molecular formula is C18H17BrN2O2S. The topological polar surface area (TPSA) is 55.1 Å². The zero-order valence-corrected chi connectivity index (χ0v) is 16.0. The highest BCUT2D eigenvalue weighted by Gasteiger charge is 2.19. The molecule has 3 aromatic rings. The molecule has 0 aliphatic rings. The third-order valence-electron chi connectivity index (χ3n) is 3.85. The summed E-state index contributed by atoms with van der Waals surface area (Å²) in [7, 11) is 0. The van der Waals surface area contributed by atoms with Crippen LogP contribution < -0.4 is 5.32 Å². The Labute approximate surface area is 153 Å². The first-order valence-electron chi connectivity index (χ1n) is 7.51. The van der Waals surface area contributed by atoms with Crippen molar-refractivity contribution in [3.05, 3.63) is 68.0 Å². The molecule has 1 N–H and O–H groups in total. The summed E-state index contributed by atoms with van der Waals surface area (Å²) >= 11 is 4.92. The minimum Gasteiger partial charge on any atom is -0.466 e. The maximum absolute atomic E-state index is 12.5. The molecule has 1 aromatic carbocycles. The van der Waals surface area contributed by atoms with Gasteiger partial charge in [-0.15, -0.1) is 11.3 Å². The molecule has 3 rings (SSSR count). The van der Waals surface area contributed by atoms with Crippen molar-refractivity contribution >= 4 is 38.3 Å². The van der Waals surface area contributed by atoms with Crippen LogP contribution >= 0.6 is 27.3 Å². The first kappa shape index (κ1) is 16.9. The highest BCUT2D eigenvalue weighted by Crippen LogP contribution is 2.25. The first-order valence-corrected chi connectivity index (χ1v) is 9.12. The molecule has 6 heteroatoms. The van der Waals surface area contributed by atoms with E-state index in [1.54, 1.807) is 6.92 Å². The van der Waals surface area contributed by atoms with Gasteiger partial charge < -0.3 is 4.42 Å². The van der Waals surface area contributed by atoms with E-state index in [9.17, 15) is 4.79 Å². The van der Waals surface area contributed by atoms with Crippen molar-refractivity contribution in [1.82, 2.24) is 4.98 Å². The Morgan fingerprint density at radius 2 is 1.92 bits per heavy atom. The van der Waals surface area contributed by atoms with Gasteiger partial charge in [-0.1, -0.05) is 28.1 Å². The van der Waals surface area contributed by atoms with E-state index in [2.05, 4.69) is 38.4 Å². The summed E-state index contributed by atoms with van der Waals surface area (Å²) in [5.74, 6) is 1.23. The molecule has 0 fully saturated rings. The molecular weight excluding hydrogens is 388 g/mol. The monoisotopic (exact) mass is 404 g/mol. The summed E-state index contributed by atoms with van der Waals surface area (Å²) < 4.78 is 6.58. The van der Waals surface area contributed by atoms with Crippen molar-refractivity contribution in [1.29, 1.82) is 0 Å². The van der Waals surface area contributed by atoms with Crippen LogP contribution in [0.4, 0.5) is 5.13 Å². The van der Waals surface area contributed by atoms with Crippen molar-refractivity contribution in [2.24, 2.45) is 0 Å². The fourth-order valence-corrected chi connectivity index (χ4v) is 3.64. The fourth-order valence-electron chi connectivity index (χ4n) is 2.54. The van der Waals surface area contributed by atoms with Crippen LogP contribution in [0.3, 0.4) is 0 Å². The average molecular weight is 405 g/mol. The summed E-state index contributed by atoms with van der Waals surface area (Å²) in [6.45, 7) is 5.55. The average Bonchev–Trinajstić information content (AvgIpc) is 3.06. The van der Waals surface area contributed by atoms with E-state index in [-0.39, 0.29) is 5.91 Å². The van der Waals surface area contributed by atoms with Gasteiger partial charge in [0.1, 0.15) is 11.5 Å². The summed E-state index contributed by atoms with van der Waals surface area (Å²) in [6.07, 6.45) is 2.60. The Morgan fingerprint density at radius 3 is 2.54 bits per heavy atom. The van der Waals surface area contributed by atoms with Crippen molar-refractivity contribution in [2.75, 3.05) is 5.32 Å². The second kappa shape index (κ2) is 6.91. The van der Waals surface area contributed by atoms with E-state index in [1.165, 1.54) is 16.9 Å². The lowest BCUT2D eigenvalue weighted by molar-refractivity contribution is 0.102. The van der Waals surface area contributed by atoms with Gasteiger partial charge >= 0.3 is 0 Å². The minimum atomic E-state index is -0.175. The molecule has 0 spiro atoms. The number of nitrogens with one attached hydrogen (secondary N) is 1. The van der Waals surface area contributed by atoms with Crippen LogP contribution in [0.5, 0.6) is 0 Å². The summed E-state index contributed by atoms with van der Waals surface area (Å²) in [4.78, 5) is 17.9. The molecule has 0 unspecified atom stereocenters. The van der Waals surface area contributed by atoms with Crippen LogP contribution in [0.2, 0.25) is 0 Å². The Balaban J connectivity index is 1.71. The van der Waals surface area contributed by atoms with Crippen LogP contribution in [0, 0.1) is 20.8 Å². The number of aryl methyl sites for hydroxylation is 2. The number of hydrogen-bond donors (Lipinski definition) is 1. The molecule has 2 heterocycles. The Kier molecular flexibility index (Phi) is 4.87. The number of aromatic nitrogens is 1. The Hall–Kier alpha value is -1.92. The van der Waals surface area contributed by atoms with Gasteiger partial charge in [0.15, 0.2) is 5.13 Å². The molecule has 0 atom stereocenters. The van der Waals surface area contributed by atoms with E-state index in [4.69, 9.17) is 4.42 Å². The molecule has 0 saturated carbocycles. The number of nitrogens with zero attached hydrogens (tertiary/aromatic N) is 1. The van der Waals surface area contributed by atoms with Crippen molar-refractivity contribution < 1.29 is 9.21 Å². The smallest absolute Gasteiger partial charge is 0.261 e. The van der Waals surface area contributed by atoms with Crippen LogP contribution in [0.1, 0.15) is 37.9 Å². The first-order chi connectivity index (χ1) is 11.4. The lowest BCUT2D eigenvalue weighted by Gasteiger charge is -2.01. The van der Waals surface area contributed by atoms with E-state index in [1.807, 2.05) is 32.2 Å². The van der Waals surface area contributed by atoms with Crippen LogP contribution in [-0.4, -0.2) is 10.9 Å². The molecule has 0 radical (unpaired) electrons. The number of furan rings is 1. The molecule has 124 valence electrons. The fraction of sp³-hybridized carbons (Fsp3) is 0.222. The number of anilines is 1. The third kappa shape index (κ3) is 3.60. The SMILES string of the molecule is Cc1oc(C)c(C(=O)Nc2ncc(Cc3ccc(Br)cc3)s2)c1C. The maximum Gasteiger partial charge on any atom is 0.261 e. The maximum atomic E-state index is 12.5. The van der Waals surface area contributed by atoms with Crippen LogP contribution in [-0.2, 0) is 6.42 Å². The van der Waals surface area contributed by atoms with Gasteiger partial charge in [-0.05, 0) is 38.5 Å². The van der Waals surface area contributed by atoms with Crippen molar-refractivity contribution in [2.45, 2.75) is 27.2 Å². The highest BCUT2D eigenvalue weighted by atomic mass is 79.9. The van der Waals surface area contributed by atoms with Gasteiger partial charge in [-0.2, -0.15) is 0 Å². The normalized spacial score (nSPS) is 10.8. The lowest BCUT2D eigenvalue weighted by Crippen LogP contribution is -2.13. The molecule has 0 aliphatic heterocycles. The number of carbonyl (C=O) groups is 1. The predicted octanol–water partition coefficient (Wildman–Crippen LogP) is 5.27. The van der Waals surface area contributed by atoms with E-state index >= 15 is 0 Å². The summed E-state index contributed by atoms with van der Waals surface area (Å²) in [5, 5.41) is 3.47. The zero-order valence-electron chi connectivity index (χ0n) is 13.6. The summed E-state index contributed by atoms with van der Waals surface area (Å²) in [5.41, 5.74) is 2.67. The van der Waals surface area contributed by atoms with Crippen LogP contribution in [0.15, 0.2) is 39.4 Å². The molecule has 2 aromatic heterocycles. The molecule has 0 aliphatic carbocycles. The quantitative estimate of drug-likeness (QED) is 0.644. The minimum absolute atomic E-state index is 0.175. The van der Waals surface area contributed by atoms with Crippen molar-refractivity contribution in [3.63, 3.8) is 0 Å². The number of amides is 1. The summed E-state index contributed by atoms with van der Waals surface area (Å²) in [6, 6.07) is 8.18. The third-order valence-corrected chi connectivity index (χ3v) is 5.30. The number of benzene rings is 1. The number of rotatable bonds is 4. The predicted molar refractivity (Wildman–Crippen MR) is 99.9 cm³/mol. The Morgan fingerprint density at radius 1 is 1.21 bits per heavy atom. The van der Waals surface area contributed by atoms with Crippen molar-refractivity contribution in [3.8, 4) is 0 Å². The molecule has 1 amide bonds. The highest BCUT2D eigenvalue weighted by molar-refractivity contribution is 9.10. The van der Waals surface area contributed by atoms with Gasteiger partial charge in [0.25, 0.3) is 5.91 Å². The second-order valence-electron chi connectivity index (χ2n) is 5.60. The molecule has 4 nitrogen and oxygen atoms in total. The van der Waals surface area contributed by atoms with Gasteiger partial charge in [-0.3, -0.25) is 10.1 Å². The number of thiazole rings is 1. The molecule has 24 heavy (non-hydrogen) atoms. The lowest BCUT2D eigenvalue weighted by atomic mass is 10.1. The van der Waals surface area contributed by atoms with Crippen LogP contribution in [0.25, 0.3) is 0 Å². The molecule has 0 bridgehead atoms. The Bertz CT molecular complexity index is 881. The molecule has 0 saturated heterocycles. The van der Waals surface area contributed by atoms with E-state index in [0.29, 0.717) is 16.5 Å². The largest absolute Gasteiger partial charge is 0.466 e. The van der Waals surface area contributed by atoms with E-state index in [0.717, 1.165) is 27.1 Å². The zero-order chi connectivity index (χ0) is 17.3. The van der Waals surface area contributed by atoms with Gasteiger partial charge in [0.05, 0.1) is 5.56 Å². The van der Waals surface area contributed by atoms with Gasteiger partial charge in [0, 0.05) is 27.5 Å².